The Kier molecular flexibility index (Phi) is 7.95. The molecular formula is C19H31Cl2N5O3. The number of likely N-dealkylation sites (tertiary alicyclic amines) is 1. The van der Waals surface area contributed by atoms with Gasteiger partial charge in [0, 0.05) is 50.8 Å². The number of hydrogen-bond donors (Lipinski definition) is 2. The molecule has 2 atom stereocenters. The fourth-order valence-electron chi connectivity index (χ4n) is 5.15. The summed E-state index contributed by atoms with van der Waals surface area (Å²) < 4.78 is 5.10. The summed E-state index contributed by atoms with van der Waals surface area (Å²) in [4.78, 5) is 37.3. The summed E-state index contributed by atoms with van der Waals surface area (Å²) in [6.07, 6.45) is 6.54. The third kappa shape index (κ3) is 4.26. The highest BCUT2D eigenvalue weighted by Gasteiger charge is 2.49. The lowest BCUT2D eigenvalue weighted by Crippen LogP contribution is -2.59. The molecule has 1 saturated carbocycles. The van der Waals surface area contributed by atoms with Crippen molar-refractivity contribution in [2.75, 3.05) is 33.4 Å². The monoisotopic (exact) mass is 447 g/mol. The van der Waals surface area contributed by atoms with E-state index in [1.54, 1.807) is 13.4 Å². The first-order valence-electron chi connectivity index (χ1n) is 9.91. The van der Waals surface area contributed by atoms with Crippen LogP contribution in [0.4, 0.5) is 0 Å². The van der Waals surface area contributed by atoms with Crippen molar-refractivity contribution in [1.29, 1.82) is 0 Å². The average molecular weight is 448 g/mol. The van der Waals surface area contributed by atoms with Gasteiger partial charge in [-0.1, -0.05) is 0 Å². The minimum absolute atomic E-state index is 0. The molecular weight excluding hydrogens is 417 g/mol. The van der Waals surface area contributed by atoms with Crippen LogP contribution in [-0.2, 0) is 26.3 Å². The Morgan fingerprint density at radius 3 is 2.62 bits per heavy atom. The maximum absolute atomic E-state index is 12.9. The Balaban J connectivity index is 0.00000150. The van der Waals surface area contributed by atoms with Gasteiger partial charge in [0.05, 0.1) is 17.6 Å². The molecule has 2 aliphatic heterocycles. The molecule has 0 unspecified atom stereocenters. The molecule has 0 bridgehead atoms. The zero-order chi connectivity index (χ0) is 19.0. The number of piperidine rings is 1. The van der Waals surface area contributed by atoms with Crippen LogP contribution < -0.4 is 5.73 Å². The summed E-state index contributed by atoms with van der Waals surface area (Å²) >= 11 is 0. The first kappa shape index (κ1) is 23.9. The predicted octanol–water partition coefficient (Wildman–Crippen LogP) is 1.23. The number of rotatable bonds is 3. The van der Waals surface area contributed by atoms with Gasteiger partial charge in [-0.25, -0.2) is 4.98 Å². The number of nitrogens with two attached hydrogens (primary N) is 1. The molecule has 3 N–H and O–H groups in total. The van der Waals surface area contributed by atoms with Crippen molar-refractivity contribution in [3.8, 4) is 0 Å². The first-order valence-corrected chi connectivity index (χ1v) is 9.91. The number of ether oxygens (including phenoxy) is 1. The molecule has 4 rings (SSSR count). The van der Waals surface area contributed by atoms with Crippen LogP contribution in [0.1, 0.15) is 43.5 Å². The maximum atomic E-state index is 12.9. The van der Waals surface area contributed by atoms with Crippen LogP contribution in [0.5, 0.6) is 0 Å². The summed E-state index contributed by atoms with van der Waals surface area (Å²) in [5.41, 5.74) is 7.62. The van der Waals surface area contributed by atoms with Crippen LogP contribution >= 0.6 is 24.8 Å². The molecule has 3 aliphatic rings. The van der Waals surface area contributed by atoms with Crippen molar-refractivity contribution < 1.29 is 14.3 Å². The number of H-pyrrole nitrogens is 1. The van der Waals surface area contributed by atoms with E-state index in [2.05, 4.69) is 9.97 Å². The summed E-state index contributed by atoms with van der Waals surface area (Å²) in [6.45, 7) is 2.02. The van der Waals surface area contributed by atoms with E-state index < -0.39 is 5.54 Å². The molecule has 1 aromatic rings. The normalized spacial score (nSPS) is 25.2. The van der Waals surface area contributed by atoms with Gasteiger partial charge >= 0.3 is 0 Å². The predicted molar refractivity (Wildman–Crippen MR) is 113 cm³/mol. The van der Waals surface area contributed by atoms with E-state index in [1.165, 1.54) is 0 Å². The second-order valence-corrected chi connectivity index (χ2v) is 8.09. The second kappa shape index (κ2) is 9.64. The number of aromatic amines is 1. The van der Waals surface area contributed by atoms with E-state index in [4.69, 9.17) is 10.5 Å². The van der Waals surface area contributed by atoms with Gasteiger partial charge in [0.1, 0.15) is 6.61 Å². The maximum Gasteiger partial charge on any atom is 0.249 e. The topological polar surface area (TPSA) is 105 Å². The van der Waals surface area contributed by atoms with Gasteiger partial charge in [-0.3, -0.25) is 9.59 Å². The number of nitrogens with zero attached hydrogens (tertiary/aromatic N) is 3. The Labute approximate surface area is 183 Å². The van der Waals surface area contributed by atoms with Crippen molar-refractivity contribution in [2.45, 2.75) is 50.1 Å². The van der Waals surface area contributed by atoms with E-state index >= 15 is 0 Å². The second-order valence-electron chi connectivity index (χ2n) is 8.09. The van der Waals surface area contributed by atoms with E-state index in [0.29, 0.717) is 32.5 Å². The van der Waals surface area contributed by atoms with Crippen LogP contribution in [0.2, 0.25) is 0 Å². The first-order chi connectivity index (χ1) is 13.0. The molecule has 1 aliphatic carbocycles. The van der Waals surface area contributed by atoms with Crippen molar-refractivity contribution in [3.05, 3.63) is 17.7 Å². The fraction of sp³-hybridized carbons (Fsp3) is 0.737. The molecule has 0 radical (unpaired) electrons. The largest absolute Gasteiger partial charge is 0.375 e. The van der Waals surface area contributed by atoms with Crippen LogP contribution in [0, 0.1) is 5.92 Å². The van der Waals surface area contributed by atoms with E-state index in [1.807, 2.05) is 9.80 Å². The van der Waals surface area contributed by atoms with Gasteiger partial charge in [0.25, 0.3) is 0 Å². The van der Waals surface area contributed by atoms with Gasteiger partial charge in [-0.05, 0) is 32.1 Å². The van der Waals surface area contributed by atoms with Crippen LogP contribution in [0.15, 0.2) is 6.33 Å². The third-order valence-corrected chi connectivity index (χ3v) is 6.55. The smallest absolute Gasteiger partial charge is 0.249 e. The fourth-order valence-corrected chi connectivity index (χ4v) is 5.15. The lowest BCUT2D eigenvalue weighted by atomic mass is 9.78. The van der Waals surface area contributed by atoms with Crippen LogP contribution in [-0.4, -0.2) is 71.0 Å². The quantitative estimate of drug-likeness (QED) is 0.724. The van der Waals surface area contributed by atoms with Gasteiger partial charge in [0.2, 0.25) is 11.8 Å². The van der Waals surface area contributed by atoms with Gasteiger partial charge in [-0.2, -0.15) is 0 Å². The lowest BCUT2D eigenvalue weighted by Gasteiger charge is -2.50. The highest BCUT2D eigenvalue weighted by molar-refractivity contribution is 5.85. The number of methoxy groups -OCH3 is 1. The SMILES string of the molecule is COCC(=O)N1CCc2[nH]cnc2C12CCN(C(=O)[C@H]1CC[C@@H](N)C1)CC2.Cl.Cl. The summed E-state index contributed by atoms with van der Waals surface area (Å²) in [5, 5.41) is 0. The third-order valence-electron chi connectivity index (χ3n) is 6.55. The molecule has 2 amide bonds. The minimum Gasteiger partial charge on any atom is -0.375 e. The van der Waals surface area contributed by atoms with Crippen LogP contribution in [0.3, 0.4) is 0 Å². The summed E-state index contributed by atoms with van der Waals surface area (Å²) in [6, 6.07) is 0.155. The number of carbonyl (C=O) groups is 2. The molecule has 0 aromatic carbocycles. The van der Waals surface area contributed by atoms with Gasteiger partial charge < -0.3 is 25.3 Å². The number of amides is 2. The molecule has 8 nitrogen and oxygen atoms in total. The number of hydrogen-bond acceptors (Lipinski definition) is 5. The number of halogens is 2. The number of fused-ring (bicyclic) bond motifs is 2. The molecule has 1 saturated heterocycles. The number of carbonyl (C=O) groups excluding carboxylic acids is 2. The Hall–Kier alpha value is -1.35. The van der Waals surface area contributed by atoms with Crippen molar-refractivity contribution in [3.63, 3.8) is 0 Å². The Bertz CT molecular complexity index is 720. The Morgan fingerprint density at radius 2 is 2.00 bits per heavy atom. The minimum atomic E-state index is -0.438. The van der Waals surface area contributed by atoms with Crippen LogP contribution in [0.25, 0.3) is 0 Å². The highest BCUT2D eigenvalue weighted by Crippen LogP contribution is 2.42. The molecule has 10 heteroatoms. The number of nitrogens with one attached hydrogen (secondary N) is 1. The van der Waals surface area contributed by atoms with E-state index in [9.17, 15) is 9.59 Å². The van der Waals surface area contributed by atoms with Crippen molar-refractivity contribution >= 4 is 36.6 Å². The molecule has 2 fully saturated rings. The zero-order valence-corrected chi connectivity index (χ0v) is 18.4. The molecule has 1 spiro atoms. The molecule has 29 heavy (non-hydrogen) atoms. The van der Waals surface area contributed by atoms with Gasteiger partial charge in [0.15, 0.2) is 0 Å². The van der Waals surface area contributed by atoms with Crippen molar-refractivity contribution in [2.24, 2.45) is 11.7 Å². The number of aromatic nitrogens is 2. The van der Waals surface area contributed by atoms with E-state index in [-0.39, 0.29) is 55.2 Å². The average Bonchev–Trinajstić information content (AvgIpc) is 3.32. The molecule has 1 aromatic heterocycles. The lowest BCUT2D eigenvalue weighted by molar-refractivity contribution is -0.148. The van der Waals surface area contributed by atoms with Gasteiger partial charge in [-0.15, -0.1) is 24.8 Å². The van der Waals surface area contributed by atoms with Crippen molar-refractivity contribution in [1.82, 2.24) is 19.8 Å². The standard InChI is InChI=1S/C19H29N5O3.2ClH/c1-27-11-16(25)24-7-4-15-17(22-12-21-15)19(24)5-8-23(9-6-19)18(26)13-2-3-14(20)10-13;;/h12-14H,2-11,20H2,1H3,(H,21,22);2*1H/t13-,14+;;/m0../s1. The number of imidazole rings is 1. The zero-order valence-electron chi connectivity index (χ0n) is 16.8. The highest BCUT2D eigenvalue weighted by atomic mass is 35.5. The summed E-state index contributed by atoms with van der Waals surface area (Å²) in [5.74, 6) is 0.283. The van der Waals surface area contributed by atoms with E-state index in [0.717, 1.165) is 37.1 Å². The Morgan fingerprint density at radius 1 is 1.28 bits per heavy atom. The molecule has 164 valence electrons. The summed E-state index contributed by atoms with van der Waals surface area (Å²) in [7, 11) is 1.54. The molecule has 3 heterocycles.